The summed E-state index contributed by atoms with van der Waals surface area (Å²) in [6.45, 7) is 4.41. The summed E-state index contributed by atoms with van der Waals surface area (Å²) in [5.41, 5.74) is 7.75. The van der Waals surface area contributed by atoms with Gasteiger partial charge in [-0.15, -0.1) is 0 Å². The molecule has 0 aliphatic carbocycles. The Kier molecular flexibility index (Phi) is 5.16. The van der Waals surface area contributed by atoms with Crippen LogP contribution in [-0.4, -0.2) is 25.0 Å². The van der Waals surface area contributed by atoms with Crippen LogP contribution in [0, 0.1) is 0 Å². The number of nitrogens with zero attached hydrogens (tertiary/aromatic N) is 1. The van der Waals surface area contributed by atoms with Gasteiger partial charge in [-0.05, 0) is 32.5 Å². The fourth-order valence-electron chi connectivity index (χ4n) is 2.86. The minimum atomic E-state index is -0.242. The molecule has 0 saturated carbocycles. The molecule has 1 aromatic carbocycles. The molecule has 2 heteroatoms. The van der Waals surface area contributed by atoms with Crippen molar-refractivity contribution in [1.29, 1.82) is 0 Å². The van der Waals surface area contributed by atoms with Crippen molar-refractivity contribution < 1.29 is 0 Å². The van der Waals surface area contributed by atoms with Crippen LogP contribution in [0.4, 0.5) is 0 Å². The molecule has 0 heterocycles. The predicted molar refractivity (Wildman–Crippen MR) is 75.0 cm³/mol. The lowest BCUT2D eigenvalue weighted by Gasteiger charge is -2.41. The third-order valence-electron chi connectivity index (χ3n) is 3.58. The quantitative estimate of drug-likeness (QED) is 0.820. The van der Waals surface area contributed by atoms with Gasteiger partial charge >= 0.3 is 0 Å². The Hall–Kier alpha value is -0.860. The van der Waals surface area contributed by atoms with Crippen LogP contribution in [0.15, 0.2) is 30.3 Å². The van der Waals surface area contributed by atoms with E-state index in [9.17, 15) is 0 Å². The van der Waals surface area contributed by atoms with E-state index in [1.807, 2.05) is 6.07 Å². The van der Waals surface area contributed by atoms with Crippen molar-refractivity contribution in [2.75, 3.05) is 14.1 Å². The zero-order valence-corrected chi connectivity index (χ0v) is 11.6. The van der Waals surface area contributed by atoms with Gasteiger partial charge < -0.3 is 10.6 Å². The highest BCUT2D eigenvalue weighted by molar-refractivity contribution is 5.26. The van der Waals surface area contributed by atoms with Gasteiger partial charge in [0, 0.05) is 6.04 Å². The maximum Gasteiger partial charge on any atom is 0.0566 e. The van der Waals surface area contributed by atoms with Crippen LogP contribution in [0.5, 0.6) is 0 Å². The normalized spacial score (nSPS) is 16.8. The van der Waals surface area contributed by atoms with Crippen LogP contribution in [0.2, 0.25) is 0 Å². The van der Waals surface area contributed by atoms with Crippen molar-refractivity contribution in [1.82, 2.24) is 4.90 Å². The molecule has 17 heavy (non-hydrogen) atoms. The standard InChI is InChI=1S/C15H26N2/c1-5-12-15(16,14(6-2)17(3)4)13-10-8-7-9-11-13/h7-11,14H,5-6,12,16H2,1-4H3. The first kappa shape index (κ1) is 14.2. The van der Waals surface area contributed by atoms with Gasteiger partial charge in [0.15, 0.2) is 0 Å². The summed E-state index contributed by atoms with van der Waals surface area (Å²) < 4.78 is 0. The number of nitrogens with two attached hydrogens (primary N) is 1. The number of likely N-dealkylation sites (N-methyl/N-ethyl adjacent to an activating group) is 1. The third-order valence-corrected chi connectivity index (χ3v) is 3.58. The Morgan fingerprint density at radius 3 is 2.18 bits per heavy atom. The van der Waals surface area contributed by atoms with E-state index in [1.165, 1.54) is 5.56 Å². The molecular formula is C15H26N2. The predicted octanol–water partition coefficient (Wildman–Crippen LogP) is 2.98. The maximum absolute atomic E-state index is 6.74. The smallest absolute Gasteiger partial charge is 0.0566 e. The lowest BCUT2D eigenvalue weighted by molar-refractivity contribution is 0.159. The number of hydrogen-bond acceptors (Lipinski definition) is 2. The van der Waals surface area contributed by atoms with E-state index in [0.29, 0.717) is 6.04 Å². The van der Waals surface area contributed by atoms with Gasteiger partial charge in [0.1, 0.15) is 0 Å². The van der Waals surface area contributed by atoms with Crippen LogP contribution in [0.3, 0.4) is 0 Å². The van der Waals surface area contributed by atoms with Crippen LogP contribution in [0.1, 0.15) is 38.7 Å². The Morgan fingerprint density at radius 2 is 1.76 bits per heavy atom. The lowest BCUT2D eigenvalue weighted by atomic mass is 9.78. The van der Waals surface area contributed by atoms with Crippen molar-refractivity contribution in [3.63, 3.8) is 0 Å². The number of hydrogen-bond donors (Lipinski definition) is 1. The molecule has 2 nitrogen and oxygen atoms in total. The van der Waals surface area contributed by atoms with Gasteiger partial charge in [-0.2, -0.15) is 0 Å². The maximum atomic E-state index is 6.74. The van der Waals surface area contributed by atoms with Gasteiger partial charge in [-0.3, -0.25) is 0 Å². The second kappa shape index (κ2) is 6.18. The lowest BCUT2D eigenvalue weighted by Crippen LogP contribution is -2.53. The molecule has 2 N–H and O–H groups in total. The Bertz CT molecular complexity index is 321. The monoisotopic (exact) mass is 234 g/mol. The van der Waals surface area contributed by atoms with E-state index in [4.69, 9.17) is 5.73 Å². The van der Waals surface area contributed by atoms with Gasteiger partial charge in [-0.25, -0.2) is 0 Å². The molecule has 0 aromatic heterocycles. The Labute approximate surface area is 106 Å². The first-order chi connectivity index (χ1) is 8.06. The Balaban J connectivity index is 3.12. The summed E-state index contributed by atoms with van der Waals surface area (Å²) in [6.07, 6.45) is 3.20. The zero-order chi connectivity index (χ0) is 12.9. The first-order valence-corrected chi connectivity index (χ1v) is 6.57. The fourth-order valence-corrected chi connectivity index (χ4v) is 2.86. The van der Waals surface area contributed by atoms with Gasteiger partial charge in [0.25, 0.3) is 0 Å². The van der Waals surface area contributed by atoms with Gasteiger partial charge in [0.05, 0.1) is 5.54 Å². The molecule has 96 valence electrons. The highest BCUT2D eigenvalue weighted by Gasteiger charge is 2.35. The van der Waals surface area contributed by atoms with E-state index < -0.39 is 0 Å². The van der Waals surface area contributed by atoms with Crippen LogP contribution < -0.4 is 5.73 Å². The third kappa shape index (κ3) is 3.08. The molecular weight excluding hydrogens is 208 g/mol. The van der Waals surface area contributed by atoms with Crippen molar-refractivity contribution in [2.24, 2.45) is 5.73 Å². The highest BCUT2D eigenvalue weighted by Crippen LogP contribution is 2.31. The number of rotatable bonds is 6. The summed E-state index contributed by atoms with van der Waals surface area (Å²) in [5, 5.41) is 0. The summed E-state index contributed by atoms with van der Waals surface area (Å²) in [5.74, 6) is 0. The molecule has 0 amide bonds. The molecule has 1 aromatic rings. The molecule has 0 bridgehead atoms. The summed E-state index contributed by atoms with van der Waals surface area (Å²) in [4.78, 5) is 2.25. The van der Waals surface area contributed by atoms with E-state index in [1.54, 1.807) is 0 Å². The van der Waals surface area contributed by atoms with Crippen molar-refractivity contribution in [3.05, 3.63) is 35.9 Å². The molecule has 2 atom stereocenters. The number of benzene rings is 1. The second-order valence-electron chi connectivity index (χ2n) is 5.04. The minimum Gasteiger partial charge on any atom is -0.320 e. The fraction of sp³-hybridized carbons (Fsp3) is 0.600. The SMILES string of the molecule is CCCC(N)(c1ccccc1)C(CC)N(C)C. The summed E-state index contributed by atoms with van der Waals surface area (Å²) in [6, 6.07) is 10.9. The average molecular weight is 234 g/mol. The van der Waals surface area contributed by atoms with E-state index >= 15 is 0 Å². The molecule has 0 aliphatic heterocycles. The molecule has 0 aliphatic rings. The largest absolute Gasteiger partial charge is 0.320 e. The molecule has 0 saturated heterocycles. The minimum absolute atomic E-state index is 0.242. The summed E-state index contributed by atoms with van der Waals surface area (Å²) >= 11 is 0. The molecule has 0 fully saturated rings. The van der Waals surface area contributed by atoms with Gasteiger partial charge in [-0.1, -0.05) is 50.6 Å². The Morgan fingerprint density at radius 1 is 1.18 bits per heavy atom. The first-order valence-electron chi connectivity index (χ1n) is 6.57. The molecule has 0 spiro atoms. The molecule has 1 rings (SSSR count). The van der Waals surface area contributed by atoms with Crippen LogP contribution in [-0.2, 0) is 5.54 Å². The molecule has 2 unspecified atom stereocenters. The van der Waals surface area contributed by atoms with Crippen molar-refractivity contribution >= 4 is 0 Å². The van der Waals surface area contributed by atoms with E-state index in [0.717, 1.165) is 19.3 Å². The van der Waals surface area contributed by atoms with Gasteiger partial charge in [0.2, 0.25) is 0 Å². The average Bonchev–Trinajstić information content (AvgIpc) is 2.31. The topological polar surface area (TPSA) is 29.3 Å². The molecule has 0 radical (unpaired) electrons. The van der Waals surface area contributed by atoms with E-state index in [2.05, 4.69) is 57.1 Å². The summed E-state index contributed by atoms with van der Waals surface area (Å²) in [7, 11) is 4.24. The van der Waals surface area contributed by atoms with Crippen molar-refractivity contribution in [2.45, 2.75) is 44.7 Å². The highest BCUT2D eigenvalue weighted by atomic mass is 15.1. The van der Waals surface area contributed by atoms with E-state index in [-0.39, 0.29) is 5.54 Å². The second-order valence-corrected chi connectivity index (χ2v) is 5.04. The zero-order valence-electron chi connectivity index (χ0n) is 11.6. The van der Waals surface area contributed by atoms with Crippen LogP contribution >= 0.6 is 0 Å². The van der Waals surface area contributed by atoms with Crippen molar-refractivity contribution in [3.8, 4) is 0 Å². The van der Waals surface area contributed by atoms with Crippen LogP contribution in [0.25, 0.3) is 0 Å².